The van der Waals surface area contributed by atoms with Crippen LogP contribution in [0, 0.1) is 0 Å². The maximum atomic E-state index is 12.0. The average Bonchev–Trinajstić information content (AvgIpc) is 2.53. The van der Waals surface area contributed by atoms with E-state index in [0.717, 1.165) is 16.5 Å². The van der Waals surface area contributed by atoms with E-state index in [1.807, 2.05) is 18.2 Å². The zero-order valence-corrected chi connectivity index (χ0v) is 14.1. The van der Waals surface area contributed by atoms with Crippen LogP contribution in [0.5, 0.6) is 5.75 Å². The van der Waals surface area contributed by atoms with Crippen molar-refractivity contribution in [1.82, 2.24) is 4.98 Å². The summed E-state index contributed by atoms with van der Waals surface area (Å²) in [5, 5.41) is 1.29. The topological polar surface area (TPSA) is 56.3 Å². The third-order valence-electron chi connectivity index (χ3n) is 3.60. The lowest BCUT2D eigenvalue weighted by molar-refractivity contribution is 0.415. The second kappa shape index (κ2) is 5.83. The molecule has 0 aliphatic rings. The quantitative estimate of drug-likeness (QED) is 0.719. The van der Waals surface area contributed by atoms with E-state index in [-0.39, 0.29) is 4.90 Å². The average molecular weight is 348 g/mol. The minimum Gasteiger partial charge on any atom is -0.497 e. The van der Waals surface area contributed by atoms with Gasteiger partial charge in [0.1, 0.15) is 5.75 Å². The van der Waals surface area contributed by atoms with Gasteiger partial charge in [0.05, 0.1) is 17.5 Å². The molecule has 3 rings (SSSR count). The molecule has 0 bridgehead atoms. The van der Waals surface area contributed by atoms with Crippen molar-refractivity contribution >= 4 is 32.3 Å². The lowest BCUT2D eigenvalue weighted by Crippen LogP contribution is -1.99. The maximum absolute atomic E-state index is 12.0. The molecule has 118 valence electrons. The molecule has 0 aliphatic carbocycles. The predicted octanol–water partition coefficient (Wildman–Crippen LogP) is 3.97. The van der Waals surface area contributed by atoms with Gasteiger partial charge in [-0.25, -0.2) is 8.42 Å². The first-order valence-corrected chi connectivity index (χ1v) is 9.10. The van der Waals surface area contributed by atoms with Crippen molar-refractivity contribution in [2.45, 2.75) is 4.90 Å². The van der Waals surface area contributed by atoms with E-state index in [1.165, 1.54) is 6.26 Å². The van der Waals surface area contributed by atoms with Crippen molar-refractivity contribution in [2.75, 3.05) is 13.4 Å². The van der Waals surface area contributed by atoms with Crippen LogP contribution in [0.3, 0.4) is 0 Å². The monoisotopic (exact) mass is 347 g/mol. The molecular formula is C17H14ClNO3S. The van der Waals surface area contributed by atoms with Crippen LogP contribution in [0.2, 0.25) is 5.02 Å². The van der Waals surface area contributed by atoms with Gasteiger partial charge < -0.3 is 4.74 Å². The van der Waals surface area contributed by atoms with E-state index >= 15 is 0 Å². The number of halogens is 1. The summed E-state index contributed by atoms with van der Waals surface area (Å²) in [6.07, 6.45) is 2.76. The first-order chi connectivity index (χ1) is 10.9. The summed E-state index contributed by atoms with van der Waals surface area (Å²) in [5.41, 5.74) is 2.01. The molecule has 0 N–H and O–H groups in total. The SMILES string of the molecule is COc1ccc(Cl)c(-c2ccnc3c(S(C)(=O)=O)cccc23)c1. The van der Waals surface area contributed by atoms with Gasteiger partial charge in [-0.1, -0.05) is 23.7 Å². The molecular weight excluding hydrogens is 334 g/mol. The minimum absolute atomic E-state index is 0.205. The van der Waals surface area contributed by atoms with Gasteiger partial charge in [-0.05, 0) is 35.9 Å². The van der Waals surface area contributed by atoms with Crippen molar-refractivity contribution < 1.29 is 13.2 Å². The minimum atomic E-state index is -3.37. The zero-order chi connectivity index (χ0) is 16.6. The van der Waals surface area contributed by atoms with E-state index in [0.29, 0.717) is 16.3 Å². The number of nitrogens with zero attached hydrogens (tertiary/aromatic N) is 1. The first-order valence-electron chi connectivity index (χ1n) is 6.83. The summed E-state index contributed by atoms with van der Waals surface area (Å²) in [6, 6.07) is 12.3. The van der Waals surface area contributed by atoms with Crippen LogP contribution >= 0.6 is 11.6 Å². The normalized spacial score (nSPS) is 11.6. The molecule has 1 heterocycles. The van der Waals surface area contributed by atoms with Gasteiger partial charge in [0.15, 0.2) is 9.84 Å². The number of benzene rings is 2. The van der Waals surface area contributed by atoms with E-state index in [1.54, 1.807) is 37.6 Å². The molecule has 23 heavy (non-hydrogen) atoms. The Morgan fingerprint density at radius 2 is 1.87 bits per heavy atom. The fourth-order valence-electron chi connectivity index (χ4n) is 2.52. The van der Waals surface area contributed by atoms with Gasteiger partial charge in [0.25, 0.3) is 0 Å². The molecule has 3 aromatic rings. The van der Waals surface area contributed by atoms with Gasteiger partial charge in [0, 0.05) is 28.4 Å². The molecule has 0 saturated carbocycles. The van der Waals surface area contributed by atoms with Crippen LogP contribution in [-0.2, 0) is 9.84 Å². The smallest absolute Gasteiger partial charge is 0.177 e. The van der Waals surface area contributed by atoms with Crippen LogP contribution in [0.25, 0.3) is 22.0 Å². The number of aromatic nitrogens is 1. The summed E-state index contributed by atoms with van der Waals surface area (Å²) < 4.78 is 29.2. The van der Waals surface area contributed by atoms with Gasteiger partial charge in [-0.3, -0.25) is 4.98 Å². The van der Waals surface area contributed by atoms with Gasteiger partial charge >= 0.3 is 0 Å². The van der Waals surface area contributed by atoms with E-state index in [4.69, 9.17) is 16.3 Å². The third-order valence-corrected chi connectivity index (χ3v) is 5.06. The van der Waals surface area contributed by atoms with Crippen molar-refractivity contribution in [3.63, 3.8) is 0 Å². The molecule has 0 unspecified atom stereocenters. The van der Waals surface area contributed by atoms with Crippen molar-refractivity contribution in [3.8, 4) is 16.9 Å². The number of methoxy groups -OCH3 is 1. The molecule has 0 radical (unpaired) electrons. The Labute approximate surface area is 139 Å². The zero-order valence-electron chi connectivity index (χ0n) is 12.6. The Balaban J connectivity index is 2.37. The maximum Gasteiger partial charge on any atom is 0.177 e. The predicted molar refractivity (Wildman–Crippen MR) is 91.9 cm³/mol. The summed E-state index contributed by atoms with van der Waals surface area (Å²) in [5.74, 6) is 0.675. The lowest BCUT2D eigenvalue weighted by Gasteiger charge is -2.11. The highest BCUT2D eigenvalue weighted by Gasteiger charge is 2.16. The molecule has 0 fully saturated rings. The Bertz CT molecular complexity index is 1000. The van der Waals surface area contributed by atoms with Crippen LogP contribution in [-0.4, -0.2) is 26.8 Å². The number of hydrogen-bond acceptors (Lipinski definition) is 4. The van der Waals surface area contributed by atoms with E-state index < -0.39 is 9.84 Å². The summed E-state index contributed by atoms with van der Waals surface area (Å²) >= 11 is 6.32. The number of pyridine rings is 1. The number of rotatable bonds is 3. The van der Waals surface area contributed by atoms with Crippen molar-refractivity contribution in [1.29, 1.82) is 0 Å². The Morgan fingerprint density at radius 3 is 2.57 bits per heavy atom. The second-order valence-electron chi connectivity index (χ2n) is 5.13. The highest BCUT2D eigenvalue weighted by Crippen LogP contribution is 2.36. The molecule has 0 aliphatic heterocycles. The van der Waals surface area contributed by atoms with E-state index in [9.17, 15) is 8.42 Å². The fourth-order valence-corrected chi connectivity index (χ4v) is 3.58. The molecule has 0 amide bonds. The summed E-state index contributed by atoms with van der Waals surface area (Å²) in [4.78, 5) is 4.46. The van der Waals surface area contributed by atoms with Crippen molar-refractivity contribution in [3.05, 3.63) is 53.7 Å². The summed E-state index contributed by atoms with van der Waals surface area (Å²) in [7, 11) is -1.79. The molecule has 0 saturated heterocycles. The number of para-hydroxylation sites is 1. The van der Waals surface area contributed by atoms with Crippen LogP contribution in [0.15, 0.2) is 53.6 Å². The van der Waals surface area contributed by atoms with E-state index in [2.05, 4.69) is 4.98 Å². The van der Waals surface area contributed by atoms with Crippen molar-refractivity contribution in [2.24, 2.45) is 0 Å². The first kappa shape index (κ1) is 15.8. The standard InChI is InChI=1S/C17H14ClNO3S/c1-22-11-6-7-15(18)14(10-11)12-8-9-19-17-13(12)4-3-5-16(17)23(2,20)21/h3-10H,1-2H3. The highest BCUT2D eigenvalue weighted by atomic mass is 35.5. The Morgan fingerprint density at radius 1 is 1.09 bits per heavy atom. The highest BCUT2D eigenvalue weighted by molar-refractivity contribution is 7.91. The van der Waals surface area contributed by atoms with Gasteiger partial charge in [-0.15, -0.1) is 0 Å². The second-order valence-corrected chi connectivity index (χ2v) is 7.52. The fraction of sp³-hybridized carbons (Fsp3) is 0.118. The molecule has 1 aromatic heterocycles. The molecule has 0 atom stereocenters. The molecule has 0 spiro atoms. The number of fused-ring (bicyclic) bond motifs is 1. The van der Waals surface area contributed by atoms with Gasteiger partial charge in [0.2, 0.25) is 0 Å². The van der Waals surface area contributed by atoms with Gasteiger partial charge in [-0.2, -0.15) is 0 Å². The van der Waals surface area contributed by atoms with Crippen LogP contribution in [0.1, 0.15) is 0 Å². The van der Waals surface area contributed by atoms with Crippen LogP contribution in [0.4, 0.5) is 0 Å². The third kappa shape index (κ3) is 2.90. The number of ether oxygens (including phenoxy) is 1. The van der Waals surface area contributed by atoms with Crippen LogP contribution < -0.4 is 4.74 Å². The largest absolute Gasteiger partial charge is 0.497 e. The number of hydrogen-bond donors (Lipinski definition) is 0. The molecule has 4 nitrogen and oxygen atoms in total. The molecule has 2 aromatic carbocycles. The number of sulfone groups is 1. The Kier molecular flexibility index (Phi) is 4.00. The summed E-state index contributed by atoms with van der Waals surface area (Å²) in [6.45, 7) is 0. The Hall–Kier alpha value is -2.11. The molecule has 6 heteroatoms. The lowest BCUT2D eigenvalue weighted by atomic mass is 10.0.